The first-order chi connectivity index (χ1) is 8.12. The third-order valence-electron chi connectivity index (χ3n) is 2.89. The fourth-order valence-corrected chi connectivity index (χ4v) is 3.92. The van der Waals surface area contributed by atoms with Crippen LogP contribution in [0.1, 0.15) is 24.3 Å². The van der Waals surface area contributed by atoms with E-state index in [2.05, 4.69) is 15.9 Å². The average Bonchev–Trinajstić information content (AvgIpc) is 2.16. The lowest BCUT2D eigenvalue weighted by Gasteiger charge is -2.36. The van der Waals surface area contributed by atoms with E-state index in [4.69, 9.17) is 16.7 Å². The molecule has 3 nitrogen and oxygen atoms in total. The molecule has 0 amide bonds. The number of hydrogen-bond donors (Lipinski definition) is 1. The SMILES string of the molecule is NS(=O)(=O)c1c(C2CC(F)(F)C2)ccc(Br)c1Cl. The highest BCUT2D eigenvalue weighted by Gasteiger charge is 2.47. The Kier molecular flexibility index (Phi) is 3.46. The van der Waals surface area contributed by atoms with Gasteiger partial charge in [-0.3, -0.25) is 0 Å². The standard InChI is InChI=1S/C10H9BrClF2NO2S/c11-7-2-1-6(5-3-10(13,14)4-5)9(8(7)12)18(15,16)17/h1-2,5H,3-4H2,(H2,15,16,17). The van der Waals surface area contributed by atoms with Gasteiger partial charge >= 0.3 is 0 Å². The summed E-state index contributed by atoms with van der Waals surface area (Å²) in [5.74, 6) is -3.27. The Morgan fingerprint density at radius 2 is 1.94 bits per heavy atom. The molecule has 0 aromatic heterocycles. The van der Waals surface area contributed by atoms with Gasteiger partial charge < -0.3 is 0 Å². The number of benzene rings is 1. The lowest BCUT2D eigenvalue weighted by molar-refractivity contribution is -0.0873. The Morgan fingerprint density at radius 3 is 2.39 bits per heavy atom. The molecule has 0 spiro atoms. The minimum Gasteiger partial charge on any atom is -0.225 e. The number of nitrogens with two attached hydrogens (primary N) is 1. The molecule has 2 N–H and O–H groups in total. The molecule has 0 radical (unpaired) electrons. The summed E-state index contributed by atoms with van der Waals surface area (Å²) in [5, 5.41) is 5.03. The summed E-state index contributed by atoms with van der Waals surface area (Å²) >= 11 is 8.97. The number of hydrogen-bond acceptors (Lipinski definition) is 2. The van der Waals surface area contributed by atoms with Gasteiger partial charge in [0.25, 0.3) is 0 Å². The molecule has 100 valence electrons. The summed E-state index contributed by atoms with van der Waals surface area (Å²) in [5.41, 5.74) is 0.261. The molecule has 1 saturated carbocycles. The summed E-state index contributed by atoms with van der Waals surface area (Å²) in [4.78, 5) is -0.265. The van der Waals surface area contributed by atoms with Crippen LogP contribution in [0, 0.1) is 0 Å². The van der Waals surface area contributed by atoms with Gasteiger partial charge in [-0.1, -0.05) is 17.7 Å². The van der Waals surface area contributed by atoms with Crippen molar-refractivity contribution in [3.8, 4) is 0 Å². The summed E-state index contributed by atoms with van der Waals surface area (Å²) in [6.07, 6.45) is -0.763. The molecule has 0 aliphatic heterocycles. The molecule has 0 atom stereocenters. The molecule has 1 aromatic carbocycles. The van der Waals surface area contributed by atoms with Crippen molar-refractivity contribution in [1.82, 2.24) is 0 Å². The topological polar surface area (TPSA) is 60.2 Å². The zero-order chi connectivity index (χ0) is 13.7. The number of rotatable bonds is 2. The number of alkyl halides is 2. The van der Waals surface area contributed by atoms with Crippen LogP contribution in [-0.4, -0.2) is 14.3 Å². The van der Waals surface area contributed by atoms with E-state index in [1.54, 1.807) is 0 Å². The van der Waals surface area contributed by atoms with Gasteiger partial charge in [0.2, 0.25) is 15.9 Å². The van der Waals surface area contributed by atoms with Crippen LogP contribution in [0.25, 0.3) is 0 Å². The molecule has 0 unspecified atom stereocenters. The van der Waals surface area contributed by atoms with Crippen LogP contribution in [0.2, 0.25) is 5.02 Å². The highest BCUT2D eigenvalue weighted by atomic mass is 79.9. The molecule has 1 aliphatic rings. The van der Waals surface area contributed by atoms with Gasteiger partial charge in [0.05, 0.1) is 5.02 Å². The van der Waals surface area contributed by atoms with Crippen molar-refractivity contribution < 1.29 is 17.2 Å². The van der Waals surface area contributed by atoms with E-state index in [1.807, 2.05) is 0 Å². The minimum absolute atomic E-state index is 0.0646. The Balaban J connectivity index is 2.53. The first-order valence-corrected chi connectivity index (χ1v) is 7.72. The lowest BCUT2D eigenvalue weighted by atomic mass is 9.77. The van der Waals surface area contributed by atoms with E-state index in [9.17, 15) is 17.2 Å². The predicted octanol–water partition coefficient (Wildman–Crippen LogP) is 3.26. The van der Waals surface area contributed by atoms with E-state index in [-0.39, 0.29) is 28.3 Å². The van der Waals surface area contributed by atoms with E-state index in [1.165, 1.54) is 12.1 Å². The molecule has 0 bridgehead atoms. The van der Waals surface area contributed by atoms with Crippen molar-refractivity contribution in [1.29, 1.82) is 0 Å². The van der Waals surface area contributed by atoms with Crippen molar-refractivity contribution >= 4 is 37.6 Å². The van der Waals surface area contributed by atoms with Gasteiger partial charge in [-0.2, -0.15) is 0 Å². The summed E-state index contributed by atoms with van der Waals surface area (Å²) < 4.78 is 49.1. The molecule has 1 aromatic rings. The fourth-order valence-electron chi connectivity index (χ4n) is 2.04. The van der Waals surface area contributed by atoms with E-state index < -0.39 is 21.9 Å². The monoisotopic (exact) mass is 359 g/mol. The quantitative estimate of drug-likeness (QED) is 0.880. The van der Waals surface area contributed by atoms with Gasteiger partial charge in [0.1, 0.15) is 4.90 Å². The highest BCUT2D eigenvalue weighted by molar-refractivity contribution is 9.10. The maximum atomic E-state index is 12.9. The zero-order valence-corrected chi connectivity index (χ0v) is 12.1. The van der Waals surface area contributed by atoms with Crippen molar-refractivity contribution in [2.24, 2.45) is 5.14 Å². The predicted molar refractivity (Wildman–Crippen MR) is 67.4 cm³/mol. The maximum absolute atomic E-state index is 12.9. The van der Waals surface area contributed by atoms with Crippen LogP contribution in [0.4, 0.5) is 8.78 Å². The molecular weight excluding hydrogens is 352 g/mol. The van der Waals surface area contributed by atoms with Gasteiger partial charge in [-0.15, -0.1) is 0 Å². The first-order valence-electron chi connectivity index (χ1n) is 5.00. The van der Waals surface area contributed by atoms with Crippen LogP contribution >= 0.6 is 27.5 Å². The molecule has 0 saturated heterocycles. The highest BCUT2D eigenvalue weighted by Crippen LogP contribution is 2.50. The first kappa shape index (κ1) is 14.2. The number of halogens is 4. The van der Waals surface area contributed by atoms with E-state index >= 15 is 0 Å². The second kappa shape index (κ2) is 4.40. The third kappa shape index (κ3) is 2.54. The van der Waals surface area contributed by atoms with Crippen molar-refractivity contribution in [2.45, 2.75) is 29.6 Å². The van der Waals surface area contributed by atoms with Gasteiger partial charge in [0, 0.05) is 17.3 Å². The molecular formula is C10H9BrClF2NO2S. The number of primary sulfonamides is 1. The second-order valence-corrected chi connectivity index (χ2v) is 7.02. The van der Waals surface area contributed by atoms with Crippen molar-refractivity contribution in [3.63, 3.8) is 0 Å². The molecule has 0 heterocycles. The molecule has 2 rings (SSSR count). The zero-order valence-electron chi connectivity index (χ0n) is 8.96. The summed E-state index contributed by atoms with van der Waals surface area (Å²) in [6, 6.07) is 3.00. The Hall–Kier alpha value is -0.240. The summed E-state index contributed by atoms with van der Waals surface area (Å²) in [6.45, 7) is 0. The normalized spacial score (nSPS) is 19.6. The average molecular weight is 361 g/mol. The third-order valence-corrected chi connectivity index (χ3v) is 5.30. The Morgan fingerprint density at radius 1 is 1.39 bits per heavy atom. The lowest BCUT2D eigenvalue weighted by Crippen LogP contribution is -2.34. The van der Waals surface area contributed by atoms with Gasteiger partial charge in [0.15, 0.2) is 0 Å². The van der Waals surface area contributed by atoms with E-state index in [0.29, 0.717) is 4.47 Å². The Bertz CT molecular complexity index is 598. The largest absolute Gasteiger partial charge is 0.249 e. The molecule has 1 fully saturated rings. The summed E-state index contributed by atoms with van der Waals surface area (Å²) in [7, 11) is -4.05. The van der Waals surface area contributed by atoms with Gasteiger partial charge in [-0.05, 0) is 33.5 Å². The molecule has 1 aliphatic carbocycles. The van der Waals surface area contributed by atoms with E-state index in [0.717, 1.165) is 0 Å². The van der Waals surface area contributed by atoms with Crippen molar-refractivity contribution in [2.75, 3.05) is 0 Å². The smallest absolute Gasteiger partial charge is 0.225 e. The van der Waals surface area contributed by atoms with Crippen molar-refractivity contribution in [3.05, 3.63) is 27.2 Å². The Labute approximate surface area is 116 Å². The molecule has 18 heavy (non-hydrogen) atoms. The maximum Gasteiger partial charge on any atom is 0.249 e. The van der Waals surface area contributed by atoms with Crippen LogP contribution in [0.3, 0.4) is 0 Å². The minimum atomic E-state index is -4.05. The fraction of sp³-hybridized carbons (Fsp3) is 0.400. The van der Waals surface area contributed by atoms with Crippen LogP contribution < -0.4 is 5.14 Å². The second-order valence-electron chi connectivity index (χ2n) is 4.29. The van der Waals surface area contributed by atoms with Crippen LogP contribution in [0.5, 0.6) is 0 Å². The van der Waals surface area contributed by atoms with Crippen LogP contribution in [-0.2, 0) is 10.0 Å². The number of sulfonamides is 1. The molecule has 8 heteroatoms. The van der Waals surface area contributed by atoms with Gasteiger partial charge in [-0.25, -0.2) is 22.3 Å². The van der Waals surface area contributed by atoms with Crippen LogP contribution in [0.15, 0.2) is 21.5 Å².